The normalized spacial score (nSPS) is 17.2. The maximum atomic E-state index is 14.8. The molecule has 4 rings (SSSR count). The van der Waals surface area contributed by atoms with Crippen molar-refractivity contribution in [3.63, 3.8) is 0 Å². The van der Waals surface area contributed by atoms with Crippen molar-refractivity contribution in [2.75, 3.05) is 13.2 Å². The van der Waals surface area contributed by atoms with Crippen molar-refractivity contribution in [2.45, 2.75) is 44.6 Å². The van der Waals surface area contributed by atoms with Crippen LogP contribution in [0.5, 0.6) is 11.5 Å². The molecule has 0 amide bonds. The number of ether oxygens (including phenoxy) is 3. The van der Waals surface area contributed by atoms with Gasteiger partial charge >= 0.3 is 5.97 Å². The molecule has 0 spiro atoms. The van der Waals surface area contributed by atoms with E-state index in [1.165, 1.54) is 18.2 Å². The SMILES string of the molecule is C=CCOc1ccc(C2CCC(OC(=O)c3ccc(-c4ccc(OCC)cc4)c(F)c3F)CC2)c(F)c1. The van der Waals surface area contributed by atoms with E-state index in [4.69, 9.17) is 14.2 Å². The fraction of sp³-hybridized carbons (Fsp3) is 0.300. The number of hydrogen-bond acceptors (Lipinski definition) is 4. The summed E-state index contributed by atoms with van der Waals surface area (Å²) in [5.41, 5.74) is 0.648. The molecule has 1 aliphatic rings. The van der Waals surface area contributed by atoms with Crippen molar-refractivity contribution < 1.29 is 32.2 Å². The van der Waals surface area contributed by atoms with E-state index in [9.17, 15) is 18.0 Å². The maximum Gasteiger partial charge on any atom is 0.341 e. The molecule has 0 heterocycles. The number of carbonyl (C=O) groups excluding carboxylic acids is 1. The zero-order chi connectivity index (χ0) is 26.4. The standard InChI is InChI=1S/C30H29F3O4/c1-3-17-36-23-13-14-24(27(31)18-23)19-7-11-22(12-8-19)37-30(34)26-16-15-25(28(32)29(26)33)20-5-9-21(10-6-20)35-4-2/h3,5-6,9-10,13-16,18-19,22H,1,4,7-8,11-12,17H2,2H3. The van der Waals surface area contributed by atoms with Gasteiger partial charge < -0.3 is 14.2 Å². The lowest BCUT2D eigenvalue weighted by Gasteiger charge is -2.29. The van der Waals surface area contributed by atoms with Gasteiger partial charge in [-0.2, -0.15) is 0 Å². The lowest BCUT2D eigenvalue weighted by atomic mass is 9.82. The Morgan fingerprint density at radius 3 is 2.27 bits per heavy atom. The summed E-state index contributed by atoms with van der Waals surface area (Å²) < 4.78 is 60.5. The summed E-state index contributed by atoms with van der Waals surface area (Å²) in [5, 5.41) is 0. The zero-order valence-corrected chi connectivity index (χ0v) is 20.6. The molecule has 7 heteroatoms. The molecule has 3 aromatic carbocycles. The molecule has 0 unspecified atom stereocenters. The third kappa shape index (κ3) is 6.16. The second-order valence-corrected chi connectivity index (χ2v) is 8.91. The number of carbonyl (C=O) groups is 1. The third-order valence-electron chi connectivity index (χ3n) is 6.51. The Bertz CT molecular complexity index is 1250. The largest absolute Gasteiger partial charge is 0.494 e. The maximum absolute atomic E-state index is 14.8. The van der Waals surface area contributed by atoms with Gasteiger partial charge in [-0.3, -0.25) is 0 Å². The Kier molecular flexibility index (Phi) is 8.54. The number of halogens is 3. The number of benzene rings is 3. The number of esters is 1. The van der Waals surface area contributed by atoms with E-state index >= 15 is 0 Å². The van der Waals surface area contributed by atoms with Crippen LogP contribution in [-0.2, 0) is 4.74 Å². The summed E-state index contributed by atoms with van der Waals surface area (Å²) in [4.78, 5) is 12.7. The van der Waals surface area contributed by atoms with Gasteiger partial charge in [0, 0.05) is 11.6 Å². The summed E-state index contributed by atoms with van der Waals surface area (Å²) in [6.07, 6.45) is 3.35. The van der Waals surface area contributed by atoms with Crippen molar-refractivity contribution >= 4 is 5.97 Å². The highest BCUT2D eigenvalue weighted by molar-refractivity contribution is 5.90. The van der Waals surface area contributed by atoms with E-state index in [2.05, 4.69) is 6.58 Å². The average molecular weight is 511 g/mol. The van der Waals surface area contributed by atoms with Gasteiger partial charge in [0.2, 0.25) is 0 Å². The van der Waals surface area contributed by atoms with Crippen molar-refractivity contribution in [2.24, 2.45) is 0 Å². The van der Waals surface area contributed by atoms with Crippen LogP contribution < -0.4 is 9.47 Å². The summed E-state index contributed by atoms with van der Waals surface area (Å²) in [6.45, 7) is 6.22. The fourth-order valence-corrected chi connectivity index (χ4v) is 4.62. The van der Waals surface area contributed by atoms with Crippen LogP contribution >= 0.6 is 0 Å². The molecule has 0 bridgehead atoms. The minimum atomic E-state index is -1.24. The van der Waals surface area contributed by atoms with Crippen LogP contribution in [0.3, 0.4) is 0 Å². The minimum absolute atomic E-state index is 0.0222. The first-order valence-corrected chi connectivity index (χ1v) is 12.4. The van der Waals surface area contributed by atoms with E-state index in [1.807, 2.05) is 6.92 Å². The van der Waals surface area contributed by atoms with Crippen molar-refractivity contribution in [3.8, 4) is 22.6 Å². The van der Waals surface area contributed by atoms with Crippen LogP contribution in [0.1, 0.15) is 54.4 Å². The molecule has 1 fully saturated rings. The van der Waals surface area contributed by atoms with E-state index in [0.717, 1.165) is 0 Å². The van der Waals surface area contributed by atoms with Crippen molar-refractivity contribution in [1.29, 1.82) is 0 Å². The van der Waals surface area contributed by atoms with Gasteiger partial charge in [-0.05, 0) is 73.9 Å². The summed E-state index contributed by atoms with van der Waals surface area (Å²) in [6, 6.07) is 14.0. The molecule has 0 aliphatic heterocycles. The summed E-state index contributed by atoms with van der Waals surface area (Å²) in [5.74, 6) is -2.57. The van der Waals surface area contributed by atoms with E-state index < -0.39 is 29.3 Å². The second kappa shape index (κ2) is 12.0. The summed E-state index contributed by atoms with van der Waals surface area (Å²) >= 11 is 0. The average Bonchev–Trinajstić information content (AvgIpc) is 2.90. The highest BCUT2D eigenvalue weighted by atomic mass is 19.2. The van der Waals surface area contributed by atoms with Gasteiger partial charge in [0.1, 0.15) is 30.0 Å². The summed E-state index contributed by atoms with van der Waals surface area (Å²) in [7, 11) is 0. The predicted molar refractivity (Wildman–Crippen MR) is 135 cm³/mol. The molecular weight excluding hydrogens is 481 g/mol. The smallest absolute Gasteiger partial charge is 0.341 e. The first-order valence-electron chi connectivity index (χ1n) is 12.4. The molecule has 194 valence electrons. The molecule has 0 saturated heterocycles. The second-order valence-electron chi connectivity index (χ2n) is 8.91. The molecule has 3 aromatic rings. The third-order valence-corrected chi connectivity index (χ3v) is 6.51. The van der Waals surface area contributed by atoms with Crippen molar-refractivity contribution in [3.05, 3.63) is 95.8 Å². The molecule has 37 heavy (non-hydrogen) atoms. The lowest BCUT2D eigenvalue weighted by molar-refractivity contribution is 0.0188. The Hall–Kier alpha value is -3.74. The first-order chi connectivity index (χ1) is 17.9. The Morgan fingerprint density at radius 2 is 1.62 bits per heavy atom. The molecular formula is C30H29F3O4. The minimum Gasteiger partial charge on any atom is -0.494 e. The van der Waals surface area contributed by atoms with E-state index in [1.54, 1.807) is 42.5 Å². The lowest BCUT2D eigenvalue weighted by Crippen LogP contribution is -2.25. The van der Waals surface area contributed by atoms with Crippen LogP contribution in [0.2, 0.25) is 0 Å². The number of hydrogen-bond donors (Lipinski definition) is 0. The molecule has 0 N–H and O–H groups in total. The fourth-order valence-electron chi connectivity index (χ4n) is 4.62. The van der Waals surface area contributed by atoms with Gasteiger partial charge in [-0.1, -0.05) is 36.9 Å². The monoisotopic (exact) mass is 510 g/mol. The van der Waals surface area contributed by atoms with Gasteiger partial charge in [0.15, 0.2) is 11.6 Å². The Morgan fingerprint density at radius 1 is 0.919 bits per heavy atom. The van der Waals surface area contributed by atoms with Crippen LogP contribution in [0.15, 0.2) is 67.3 Å². The van der Waals surface area contributed by atoms with Gasteiger partial charge in [0.05, 0.1) is 12.2 Å². The molecule has 4 nitrogen and oxygen atoms in total. The molecule has 1 aliphatic carbocycles. The highest BCUT2D eigenvalue weighted by Gasteiger charge is 2.28. The van der Waals surface area contributed by atoms with Crippen LogP contribution in [-0.4, -0.2) is 25.3 Å². The molecule has 0 atom stereocenters. The van der Waals surface area contributed by atoms with Gasteiger partial charge in [-0.15, -0.1) is 0 Å². The molecule has 0 aromatic heterocycles. The van der Waals surface area contributed by atoms with E-state index in [-0.39, 0.29) is 17.3 Å². The van der Waals surface area contributed by atoms with Gasteiger partial charge in [0.25, 0.3) is 0 Å². The van der Waals surface area contributed by atoms with Gasteiger partial charge in [-0.25, -0.2) is 18.0 Å². The first kappa shape index (κ1) is 26.3. The van der Waals surface area contributed by atoms with Crippen LogP contribution in [0.4, 0.5) is 13.2 Å². The Labute approximate surface area is 214 Å². The topological polar surface area (TPSA) is 44.8 Å². The Balaban J connectivity index is 1.37. The van der Waals surface area contributed by atoms with Crippen molar-refractivity contribution in [1.82, 2.24) is 0 Å². The highest BCUT2D eigenvalue weighted by Crippen LogP contribution is 2.37. The molecule has 0 radical (unpaired) electrons. The predicted octanol–water partition coefficient (Wildman–Crippen LogP) is 7.62. The van der Waals surface area contributed by atoms with Crippen LogP contribution in [0, 0.1) is 17.5 Å². The molecule has 1 saturated carbocycles. The number of rotatable bonds is 9. The zero-order valence-electron chi connectivity index (χ0n) is 20.6. The van der Waals surface area contributed by atoms with Crippen LogP contribution in [0.25, 0.3) is 11.1 Å². The van der Waals surface area contributed by atoms with E-state index in [0.29, 0.717) is 61.5 Å². The quantitative estimate of drug-likeness (QED) is 0.219.